The Morgan fingerprint density at radius 1 is 1.44 bits per heavy atom. The summed E-state index contributed by atoms with van der Waals surface area (Å²) in [6.07, 6.45) is 6.40. The fourth-order valence-corrected chi connectivity index (χ4v) is 2.88. The molecule has 1 saturated carbocycles. The zero-order chi connectivity index (χ0) is 11.1. The zero-order valence-corrected chi connectivity index (χ0v) is 8.97. The first-order chi connectivity index (χ1) is 7.74. The lowest BCUT2D eigenvalue weighted by molar-refractivity contribution is 0.0702. The van der Waals surface area contributed by atoms with Crippen LogP contribution in [-0.2, 0) is 0 Å². The predicted octanol–water partition coefficient (Wildman–Crippen LogP) is 1.41. The molecule has 1 amide bonds. The number of hydrogen-bond donors (Lipinski definition) is 1. The SMILES string of the molecule is O=C(c1cncc(O)c1)N1CC2CCC1C2. The highest BCUT2D eigenvalue weighted by Gasteiger charge is 2.40. The van der Waals surface area contributed by atoms with Crippen LogP contribution in [0.3, 0.4) is 0 Å². The lowest BCUT2D eigenvalue weighted by atomic mass is 10.1. The van der Waals surface area contributed by atoms with Crippen molar-refractivity contribution in [3.05, 3.63) is 24.0 Å². The van der Waals surface area contributed by atoms with Crippen LogP contribution < -0.4 is 0 Å². The van der Waals surface area contributed by atoms with E-state index in [9.17, 15) is 9.90 Å². The number of aromatic nitrogens is 1. The Morgan fingerprint density at radius 3 is 2.94 bits per heavy atom. The number of amides is 1. The van der Waals surface area contributed by atoms with Crippen LogP contribution in [0.2, 0.25) is 0 Å². The number of hydrogen-bond acceptors (Lipinski definition) is 3. The number of rotatable bonds is 1. The summed E-state index contributed by atoms with van der Waals surface area (Å²) in [7, 11) is 0. The molecule has 1 aromatic rings. The predicted molar refractivity (Wildman–Crippen MR) is 58.1 cm³/mol. The van der Waals surface area contributed by atoms with E-state index in [1.165, 1.54) is 24.9 Å². The molecule has 1 N–H and O–H groups in total. The highest BCUT2D eigenvalue weighted by molar-refractivity contribution is 5.94. The van der Waals surface area contributed by atoms with Crippen LogP contribution >= 0.6 is 0 Å². The first kappa shape index (κ1) is 9.63. The van der Waals surface area contributed by atoms with Gasteiger partial charge >= 0.3 is 0 Å². The van der Waals surface area contributed by atoms with Gasteiger partial charge in [-0.15, -0.1) is 0 Å². The standard InChI is InChI=1S/C12H14N2O2/c15-11-4-9(5-13-6-11)12(16)14-7-8-1-2-10(14)3-8/h4-6,8,10,15H,1-3,7H2. The van der Waals surface area contributed by atoms with E-state index in [1.807, 2.05) is 4.90 Å². The number of nitrogens with zero attached hydrogens (tertiary/aromatic N) is 2. The minimum atomic E-state index is 0.00981. The van der Waals surface area contributed by atoms with E-state index in [4.69, 9.17) is 0 Å². The molecule has 0 spiro atoms. The van der Waals surface area contributed by atoms with Crippen LogP contribution in [0.15, 0.2) is 18.5 Å². The van der Waals surface area contributed by atoms with Gasteiger partial charge in [0.2, 0.25) is 0 Å². The van der Waals surface area contributed by atoms with Crippen molar-refractivity contribution in [2.45, 2.75) is 25.3 Å². The number of aromatic hydroxyl groups is 1. The second-order valence-electron chi connectivity index (χ2n) is 4.72. The molecule has 1 aliphatic carbocycles. The molecule has 2 bridgehead atoms. The Hall–Kier alpha value is -1.58. The van der Waals surface area contributed by atoms with Crippen molar-refractivity contribution >= 4 is 5.91 Å². The minimum absolute atomic E-state index is 0.00981. The van der Waals surface area contributed by atoms with Crippen LogP contribution in [0.5, 0.6) is 5.75 Å². The molecule has 2 atom stereocenters. The van der Waals surface area contributed by atoms with E-state index in [0.717, 1.165) is 19.4 Å². The molecule has 1 aliphatic heterocycles. The quantitative estimate of drug-likeness (QED) is 0.775. The number of likely N-dealkylation sites (tertiary alicyclic amines) is 1. The number of carbonyl (C=O) groups excluding carboxylic acids is 1. The zero-order valence-electron chi connectivity index (χ0n) is 8.97. The van der Waals surface area contributed by atoms with Gasteiger partial charge in [0.15, 0.2) is 0 Å². The van der Waals surface area contributed by atoms with Crippen molar-refractivity contribution in [2.24, 2.45) is 5.92 Å². The monoisotopic (exact) mass is 218 g/mol. The Bertz CT molecular complexity index is 433. The molecule has 0 radical (unpaired) electrons. The fourth-order valence-electron chi connectivity index (χ4n) is 2.88. The van der Waals surface area contributed by atoms with Gasteiger partial charge in [0.1, 0.15) is 5.75 Å². The lowest BCUT2D eigenvalue weighted by Crippen LogP contribution is -2.37. The second kappa shape index (κ2) is 3.47. The number of pyridine rings is 1. The third kappa shape index (κ3) is 1.45. The van der Waals surface area contributed by atoms with E-state index in [-0.39, 0.29) is 11.7 Å². The van der Waals surface area contributed by atoms with Crippen LogP contribution in [-0.4, -0.2) is 33.5 Å². The van der Waals surface area contributed by atoms with Crippen molar-refractivity contribution in [1.82, 2.24) is 9.88 Å². The summed E-state index contributed by atoms with van der Waals surface area (Å²) in [5.74, 6) is 0.755. The highest BCUT2D eigenvalue weighted by atomic mass is 16.3. The van der Waals surface area contributed by atoms with Gasteiger partial charge in [-0.2, -0.15) is 0 Å². The summed E-state index contributed by atoms with van der Waals surface area (Å²) in [5, 5.41) is 9.30. The van der Waals surface area contributed by atoms with Gasteiger partial charge in [0.25, 0.3) is 5.91 Å². The molecule has 3 rings (SSSR count). The molecule has 2 aliphatic rings. The van der Waals surface area contributed by atoms with E-state index < -0.39 is 0 Å². The first-order valence-corrected chi connectivity index (χ1v) is 5.69. The molecule has 1 saturated heterocycles. The van der Waals surface area contributed by atoms with Crippen molar-refractivity contribution in [1.29, 1.82) is 0 Å². The average Bonchev–Trinajstić information content (AvgIpc) is 2.89. The molecular formula is C12H14N2O2. The molecule has 84 valence electrons. The maximum atomic E-state index is 12.2. The number of fused-ring (bicyclic) bond motifs is 2. The van der Waals surface area contributed by atoms with Gasteiger partial charge < -0.3 is 10.0 Å². The summed E-state index contributed by atoms with van der Waals surface area (Å²) in [5.41, 5.74) is 0.493. The summed E-state index contributed by atoms with van der Waals surface area (Å²) >= 11 is 0. The second-order valence-corrected chi connectivity index (χ2v) is 4.72. The van der Waals surface area contributed by atoms with E-state index in [2.05, 4.69) is 4.98 Å². The smallest absolute Gasteiger partial charge is 0.255 e. The molecule has 2 fully saturated rings. The molecule has 0 aromatic carbocycles. The average molecular weight is 218 g/mol. The van der Waals surface area contributed by atoms with Gasteiger partial charge in [-0.3, -0.25) is 9.78 Å². The van der Waals surface area contributed by atoms with Crippen molar-refractivity contribution in [2.75, 3.05) is 6.54 Å². The third-order valence-corrected chi connectivity index (χ3v) is 3.64. The maximum absolute atomic E-state index is 12.2. The number of carbonyl (C=O) groups is 1. The van der Waals surface area contributed by atoms with Crippen LogP contribution in [0.4, 0.5) is 0 Å². The molecule has 4 nitrogen and oxygen atoms in total. The third-order valence-electron chi connectivity index (χ3n) is 3.64. The largest absolute Gasteiger partial charge is 0.506 e. The van der Waals surface area contributed by atoms with E-state index >= 15 is 0 Å². The van der Waals surface area contributed by atoms with Crippen molar-refractivity contribution < 1.29 is 9.90 Å². The fraction of sp³-hybridized carbons (Fsp3) is 0.500. The first-order valence-electron chi connectivity index (χ1n) is 5.69. The Labute approximate surface area is 93.9 Å². The Morgan fingerprint density at radius 2 is 2.31 bits per heavy atom. The topological polar surface area (TPSA) is 53.4 Å². The Kier molecular flexibility index (Phi) is 2.09. The number of piperidine rings is 1. The van der Waals surface area contributed by atoms with Crippen LogP contribution in [0, 0.1) is 5.92 Å². The summed E-state index contributed by atoms with van der Waals surface area (Å²) in [6.45, 7) is 0.874. The van der Waals surface area contributed by atoms with E-state index in [1.54, 1.807) is 0 Å². The molecular weight excluding hydrogens is 204 g/mol. The summed E-state index contributed by atoms with van der Waals surface area (Å²) in [4.78, 5) is 17.9. The van der Waals surface area contributed by atoms with Gasteiger partial charge in [0.05, 0.1) is 11.8 Å². The molecule has 2 heterocycles. The van der Waals surface area contributed by atoms with Gasteiger partial charge in [-0.1, -0.05) is 0 Å². The Balaban J connectivity index is 1.83. The van der Waals surface area contributed by atoms with Gasteiger partial charge in [-0.05, 0) is 31.2 Å². The van der Waals surface area contributed by atoms with Crippen molar-refractivity contribution in [3.8, 4) is 5.75 Å². The lowest BCUT2D eigenvalue weighted by Gasteiger charge is -2.26. The van der Waals surface area contributed by atoms with Crippen LogP contribution in [0.1, 0.15) is 29.6 Å². The van der Waals surface area contributed by atoms with Gasteiger partial charge in [0, 0.05) is 18.8 Å². The van der Waals surface area contributed by atoms with Crippen molar-refractivity contribution in [3.63, 3.8) is 0 Å². The van der Waals surface area contributed by atoms with Gasteiger partial charge in [-0.25, -0.2) is 0 Å². The maximum Gasteiger partial charge on any atom is 0.255 e. The molecule has 4 heteroatoms. The molecule has 2 unspecified atom stereocenters. The van der Waals surface area contributed by atoms with E-state index in [0.29, 0.717) is 17.5 Å². The van der Waals surface area contributed by atoms with Crippen LogP contribution in [0.25, 0.3) is 0 Å². The molecule has 1 aromatic heterocycles. The minimum Gasteiger partial charge on any atom is -0.506 e. The normalized spacial score (nSPS) is 27.4. The highest BCUT2D eigenvalue weighted by Crippen LogP contribution is 2.38. The summed E-state index contributed by atoms with van der Waals surface area (Å²) < 4.78 is 0. The molecule has 16 heavy (non-hydrogen) atoms. The summed E-state index contributed by atoms with van der Waals surface area (Å²) in [6, 6.07) is 1.90.